The second-order valence-electron chi connectivity index (χ2n) is 22.0. The largest absolute Gasteiger partial charge is 0.462 e. The molecule has 456 valence electrons. The van der Waals surface area contributed by atoms with Crippen LogP contribution in [0.2, 0.25) is 0 Å². The van der Waals surface area contributed by atoms with Gasteiger partial charge in [-0.1, -0.05) is 316 Å². The van der Waals surface area contributed by atoms with Crippen LogP contribution in [0.25, 0.3) is 0 Å². The van der Waals surface area contributed by atoms with Crippen molar-refractivity contribution in [3.05, 3.63) is 122 Å². The Bertz CT molecular complexity index is 1650. The van der Waals surface area contributed by atoms with Gasteiger partial charge < -0.3 is 14.2 Å². The zero-order valence-corrected chi connectivity index (χ0v) is 52.3. The summed E-state index contributed by atoms with van der Waals surface area (Å²) >= 11 is 0. The molecule has 0 bridgehead atoms. The van der Waals surface area contributed by atoms with Gasteiger partial charge in [-0.05, 0) is 96.3 Å². The summed E-state index contributed by atoms with van der Waals surface area (Å²) in [5.74, 6) is -0.900. The Kier molecular flexibility index (Phi) is 63.8. The minimum Gasteiger partial charge on any atom is -0.462 e. The molecule has 0 aliphatic carbocycles. The number of allylic oxidation sites excluding steroid dienone is 20. The highest BCUT2D eigenvalue weighted by atomic mass is 16.6. The highest BCUT2D eigenvalue weighted by Crippen LogP contribution is 2.16. The Hall–Kier alpha value is -4.19. The molecule has 80 heavy (non-hydrogen) atoms. The summed E-state index contributed by atoms with van der Waals surface area (Å²) in [5.41, 5.74) is 0. The van der Waals surface area contributed by atoms with Gasteiger partial charge in [0.25, 0.3) is 0 Å². The summed E-state index contributed by atoms with van der Waals surface area (Å²) in [4.78, 5) is 38.2. The standard InChI is InChI=1S/C74H124O6/c1-4-7-10-13-16-19-22-24-26-28-29-30-31-32-33-34-35-36-37-38-39-40-41-42-43-44-45-46-48-49-52-55-58-61-64-67-73(76)79-70-71(69-78-72(75)66-63-60-57-54-51-21-18-15-12-9-6-3)80-74(77)68-65-62-59-56-53-50-47-27-25-23-20-17-14-11-8-5-2/h7,10,16,19,24,26,29-30,32-33,35-36,38-39,41-42,44-45,48-49,71H,4-6,8-9,11-15,17-18,20-23,25,27-28,31,34,37,40,43,46-47,50-70H2,1-3H3/b10-7-,19-16-,26-24-,30-29-,33-32-,36-35-,39-38-,42-41-,45-44-,49-48-. The fourth-order valence-corrected chi connectivity index (χ4v) is 9.24. The van der Waals surface area contributed by atoms with Crippen molar-refractivity contribution in [3.8, 4) is 0 Å². The van der Waals surface area contributed by atoms with E-state index in [1.165, 1.54) is 135 Å². The van der Waals surface area contributed by atoms with Crippen LogP contribution in [0.15, 0.2) is 122 Å². The van der Waals surface area contributed by atoms with E-state index in [0.717, 1.165) is 135 Å². The van der Waals surface area contributed by atoms with Crippen molar-refractivity contribution in [2.75, 3.05) is 13.2 Å². The molecule has 0 N–H and O–H groups in total. The van der Waals surface area contributed by atoms with Gasteiger partial charge in [-0.2, -0.15) is 0 Å². The first-order valence-corrected chi connectivity index (χ1v) is 33.5. The summed E-state index contributed by atoms with van der Waals surface area (Å²) in [6.45, 7) is 6.52. The van der Waals surface area contributed by atoms with Gasteiger partial charge in [0.2, 0.25) is 0 Å². The van der Waals surface area contributed by atoms with E-state index in [0.29, 0.717) is 19.3 Å². The number of carbonyl (C=O) groups is 3. The van der Waals surface area contributed by atoms with Gasteiger partial charge >= 0.3 is 17.9 Å². The SMILES string of the molecule is CC/C=C\C/C=C\C/C=C\C/C=C\C/C=C\C/C=C\C/C=C\C/C=C\C/C=C\C/C=C\CCCCCCC(=O)OCC(COC(=O)CCCCCCCCCCCCC)OC(=O)CCCCCCCCCCCCCCCCCC. The van der Waals surface area contributed by atoms with Crippen molar-refractivity contribution in [1.29, 1.82) is 0 Å². The van der Waals surface area contributed by atoms with E-state index >= 15 is 0 Å². The van der Waals surface area contributed by atoms with Crippen LogP contribution in [0.3, 0.4) is 0 Å². The predicted octanol–water partition coefficient (Wildman–Crippen LogP) is 23.2. The number of ether oxygens (including phenoxy) is 3. The number of hydrogen-bond donors (Lipinski definition) is 0. The number of rotatable bonds is 60. The van der Waals surface area contributed by atoms with Crippen LogP contribution in [0.4, 0.5) is 0 Å². The molecular formula is C74H124O6. The molecule has 1 atom stereocenters. The molecule has 0 aromatic heterocycles. The summed E-state index contributed by atoms with van der Waals surface area (Å²) in [6.07, 6.45) is 93.6. The monoisotopic (exact) mass is 1110 g/mol. The fraction of sp³-hybridized carbons (Fsp3) is 0.689. The number of carbonyl (C=O) groups excluding carboxylic acids is 3. The molecule has 0 rings (SSSR count). The van der Waals surface area contributed by atoms with E-state index in [2.05, 4.69) is 142 Å². The van der Waals surface area contributed by atoms with Gasteiger partial charge in [0, 0.05) is 19.3 Å². The molecular weight excluding hydrogens is 985 g/mol. The lowest BCUT2D eigenvalue weighted by molar-refractivity contribution is -0.167. The third kappa shape index (κ3) is 64.6. The lowest BCUT2D eigenvalue weighted by Crippen LogP contribution is -2.30. The smallest absolute Gasteiger partial charge is 0.306 e. The Balaban J connectivity index is 4.27. The molecule has 0 fully saturated rings. The molecule has 6 heteroatoms. The summed E-state index contributed by atoms with van der Waals surface area (Å²) in [7, 11) is 0. The summed E-state index contributed by atoms with van der Waals surface area (Å²) in [5, 5.41) is 0. The molecule has 0 aromatic carbocycles. The van der Waals surface area contributed by atoms with Crippen LogP contribution >= 0.6 is 0 Å². The zero-order valence-electron chi connectivity index (χ0n) is 52.3. The van der Waals surface area contributed by atoms with E-state index in [1.807, 2.05) is 0 Å². The molecule has 0 aliphatic heterocycles. The maximum atomic E-state index is 12.9. The highest BCUT2D eigenvalue weighted by Gasteiger charge is 2.19. The Morgan fingerprint density at radius 2 is 0.487 bits per heavy atom. The normalized spacial score (nSPS) is 12.9. The lowest BCUT2D eigenvalue weighted by Gasteiger charge is -2.18. The van der Waals surface area contributed by atoms with Crippen molar-refractivity contribution in [1.82, 2.24) is 0 Å². The van der Waals surface area contributed by atoms with E-state index in [-0.39, 0.29) is 31.1 Å². The van der Waals surface area contributed by atoms with Gasteiger partial charge in [-0.25, -0.2) is 0 Å². The van der Waals surface area contributed by atoms with Crippen molar-refractivity contribution >= 4 is 17.9 Å². The molecule has 0 radical (unpaired) electrons. The molecule has 0 saturated heterocycles. The highest BCUT2D eigenvalue weighted by molar-refractivity contribution is 5.71. The van der Waals surface area contributed by atoms with Crippen LogP contribution < -0.4 is 0 Å². The Morgan fingerprint density at radius 3 is 0.762 bits per heavy atom. The molecule has 0 heterocycles. The Labute approximate surface area is 494 Å². The maximum Gasteiger partial charge on any atom is 0.306 e. The third-order valence-electron chi connectivity index (χ3n) is 14.2. The van der Waals surface area contributed by atoms with Crippen molar-refractivity contribution < 1.29 is 28.6 Å². The second-order valence-corrected chi connectivity index (χ2v) is 22.0. The molecule has 0 aliphatic rings. The minimum absolute atomic E-state index is 0.0830. The average molecular weight is 1110 g/mol. The van der Waals surface area contributed by atoms with Crippen LogP contribution in [0, 0.1) is 0 Å². The van der Waals surface area contributed by atoms with E-state index in [4.69, 9.17) is 14.2 Å². The van der Waals surface area contributed by atoms with Gasteiger partial charge in [0.1, 0.15) is 13.2 Å². The number of esters is 3. The van der Waals surface area contributed by atoms with Crippen LogP contribution in [-0.4, -0.2) is 37.2 Å². The van der Waals surface area contributed by atoms with Crippen LogP contribution in [0.1, 0.15) is 310 Å². The third-order valence-corrected chi connectivity index (χ3v) is 14.2. The molecule has 1 unspecified atom stereocenters. The zero-order chi connectivity index (χ0) is 57.8. The van der Waals surface area contributed by atoms with E-state index in [1.54, 1.807) is 0 Å². The van der Waals surface area contributed by atoms with Crippen LogP contribution in [-0.2, 0) is 28.6 Å². The first kappa shape index (κ1) is 75.8. The predicted molar refractivity (Wildman–Crippen MR) is 348 cm³/mol. The molecule has 0 spiro atoms. The first-order chi connectivity index (χ1) is 39.5. The van der Waals surface area contributed by atoms with Crippen molar-refractivity contribution in [2.45, 2.75) is 316 Å². The lowest BCUT2D eigenvalue weighted by atomic mass is 10.0. The average Bonchev–Trinajstić information content (AvgIpc) is 3.46. The van der Waals surface area contributed by atoms with Gasteiger partial charge in [-0.3, -0.25) is 14.4 Å². The first-order valence-electron chi connectivity index (χ1n) is 33.5. The van der Waals surface area contributed by atoms with Crippen molar-refractivity contribution in [2.24, 2.45) is 0 Å². The van der Waals surface area contributed by atoms with Gasteiger partial charge in [0.05, 0.1) is 0 Å². The number of hydrogen-bond acceptors (Lipinski definition) is 6. The van der Waals surface area contributed by atoms with E-state index in [9.17, 15) is 14.4 Å². The fourth-order valence-electron chi connectivity index (χ4n) is 9.24. The van der Waals surface area contributed by atoms with Crippen LogP contribution in [0.5, 0.6) is 0 Å². The molecule has 0 aromatic rings. The van der Waals surface area contributed by atoms with Gasteiger partial charge in [-0.15, -0.1) is 0 Å². The molecule has 6 nitrogen and oxygen atoms in total. The van der Waals surface area contributed by atoms with Crippen molar-refractivity contribution in [3.63, 3.8) is 0 Å². The summed E-state index contributed by atoms with van der Waals surface area (Å²) in [6, 6.07) is 0. The maximum absolute atomic E-state index is 12.9. The Morgan fingerprint density at radius 1 is 0.263 bits per heavy atom. The van der Waals surface area contributed by atoms with E-state index < -0.39 is 6.10 Å². The number of unbranched alkanes of at least 4 members (excludes halogenated alkanes) is 29. The quantitative estimate of drug-likeness (QED) is 0.0261. The molecule has 0 amide bonds. The second kappa shape index (κ2) is 67.3. The van der Waals surface area contributed by atoms with Gasteiger partial charge in [0.15, 0.2) is 6.10 Å². The molecule has 0 saturated carbocycles. The topological polar surface area (TPSA) is 78.9 Å². The minimum atomic E-state index is -0.787. The summed E-state index contributed by atoms with van der Waals surface area (Å²) < 4.78 is 16.9.